The zero-order valence-electron chi connectivity index (χ0n) is 18.0. The van der Waals surface area contributed by atoms with Crippen LogP contribution in [0.2, 0.25) is 0 Å². The van der Waals surface area contributed by atoms with Gasteiger partial charge in [0.1, 0.15) is 23.1 Å². The monoisotopic (exact) mass is 492 g/mol. The Morgan fingerprint density at radius 3 is 2.47 bits per heavy atom. The highest BCUT2D eigenvalue weighted by Gasteiger charge is 2.34. The first kappa shape index (κ1) is 23.5. The van der Waals surface area contributed by atoms with E-state index in [1.165, 1.54) is 24.4 Å². The third-order valence-corrected chi connectivity index (χ3v) is 7.00. The molecule has 2 aromatic carbocycles. The maximum absolute atomic E-state index is 13.4. The van der Waals surface area contributed by atoms with E-state index in [1.54, 1.807) is 13.8 Å². The lowest BCUT2D eigenvalue weighted by molar-refractivity contribution is -0.137. The number of rotatable bonds is 3. The van der Waals surface area contributed by atoms with E-state index in [-0.39, 0.29) is 40.7 Å². The molecule has 8 nitrogen and oxygen atoms in total. The minimum absolute atomic E-state index is 0.0150. The number of sulfonamides is 1. The summed E-state index contributed by atoms with van der Waals surface area (Å²) in [6.07, 6.45) is -3.16. The maximum atomic E-state index is 13.4. The number of hydrogen-bond acceptors (Lipinski definition) is 6. The van der Waals surface area contributed by atoms with Crippen molar-refractivity contribution in [3.05, 3.63) is 71.3 Å². The van der Waals surface area contributed by atoms with Gasteiger partial charge in [-0.15, -0.1) is 0 Å². The fourth-order valence-corrected chi connectivity index (χ4v) is 5.08. The smallest absolute Gasteiger partial charge is 0.416 e. The highest BCUT2D eigenvalue weighted by atomic mass is 32.2. The summed E-state index contributed by atoms with van der Waals surface area (Å²) in [6, 6.07) is 7.98. The van der Waals surface area contributed by atoms with Gasteiger partial charge in [0.2, 0.25) is 0 Å². The summed E-state index contributed by atoms with van der Waals surface area (Å²) in [5.74, 6) is 0.0527. The number of nitrogens with zero attached hydrogens (tertiary/aromatic N) is 3. The third kappa shape index (κ3) is 4.53. The van der Waals surface area contributed by atoms with E-state index in [9.17, 15) is 26.4 Å². The van der Waals surface area contributed by atoms with Gasteiger partial charge in [-0.1, -0.05) is 0 Å². The lowest BCUT2D eigenvalue weighted by Crippen LogP contribution is -2.32. The summed E-state index contributed by atoms with van der Waals surface area (Å²) in [6.45, 7) is 3.22. The first-order valence-electron chi connectivity index (χ1n) is 10.1. The summed E-state index contributed by atoms with van der Waals surface area (Å²) >= 11 is 0. The van der Waals surface area contributed by atoms with Crippen LogP contribution in [0.4, 0.5) is 24.5 Å². The molecule has 0 aliphatic carbocycles. The average molecular weight is 492 g/mol. The number of hydrogen-bond donors (Lipinski definition) is 1. The number of fused-ring (bicyclic) bond motifs is 1. The molecule has 1 N–H and O–H groups in total. The summed E-state index contributed by atoms with van der Waals surface area (Å²) in [7, 11) is -4.21. The van der Waals surface area contributed by atoms with E-state index in [2.05, 4.69) is 15.3 Å². The molecule has 0 spiro atoms. The quantitative estimate of drug-likeness (QED) is 0.594. The van der Waals surface area contributed by atoms with Gasteiger partial charge in [0.15, 0.2) is 0 Å². The van der Waals surface area contributed by atoms with Crippen LogP contribution >= 0.6 is 0 Å². The van der Waals surface area contributed by atoms with Gasteiger partial charge in [-0.2, -0.15) is 13.2 Å². The van der Waals surface area contributed by atoms with Gasteiger partial charge in [-0.3, -0.25) is 9.10 Å². The van der Waals surface area contributed by atoms with Crippen molar-refractivity contribution >= 4 is 27.3 Å². The Morgan fingerprint density at radius 1 is 1.12 bits per heavy atom. The van der Waals surface area contributed by atoms with Gasteiger partial charge in [0.25, 0.3) is 15.9 Å². The number of aryl methyl sites for hydroxylation is 2. The molecule has 0 radical (unpaired) electrons. The fourth-order valence-electron chi connectivity index (χ4n) is 3.47. The van der Waals surface area contributed by atoms with Crippen LogP contribution in [0.25, 0.3) is 0 Å². The van der Waals surface area contributed by atoms with Crippen molar-refractivity contribution in [2.75, 3.05) is 22.8 Å². The molecule has 34 heavy (non-hydrogen) atoms. The van der Waals surface area contributed by atoms with Gasteiger partial charge in [0.05, 0.1) is 29.1 Å². The molecule has 178 valence electrons. The number of halogens is 3. The lowest BCUT2D eigenvalue weighted by atomic mass is 10.2. The average Bonchev–Trinajstić information content (AvgIpc) is 2.89. The number of aromatic nitrogens is 2. The van der Waals surface area contributed by atoms with Crippen molar-refractivity contribution < 1.29 is 31.1 Å². The number of carbonyl (C=O) groups excluding carboxylic acids is 1. The van der Waals surface area contributed by atoms with Crippen molar-refractivity contribution in [2.45, 2.75) is 24.9 Å². The van der Waals surface area contributed by atoms with E-state index >= 15 is 0 Å². The number of anilines is 2. The largest absolute Gasteiger partial charge is 0.490 e. The Hall–Kier alpha value is -3.67. The minimum Gasteiger partial charge on any atom is -0.490 e. The molecule has 1 amide bonds. The molecule has 1 aromatic heterocycles. The van der Waals surface area contributed by atoms with Crippen LogP contribution in [-0.4, -0.2) is 37.4 Å². The fraction of sp³-hybridized carbons (Fsp3) is 0.227. The van der Waals surface area contributed by atoms with Crippen LogP contribution in [0, 0.1) is 13.8 Å². The minimum atomic E-state index is -4.54. The Labute approximate surface area is 193 Å². The molecule has 0 bridgehead atoms. The normalized spacial score (nSPS) is 15.1. The Bertz CT molecular complexity index is 1360. The first-order valence-corrected chi connectivity index (χ1v) is 11.5. The topological polar surface area (TPSA) is 101 Å². The summed E-state index contributed by atoms with van der Waals surface area (Å²) in [5.41, 5.74) is 0.0483. The van der Waals surface area contributed by atoms with Gasteiger partial charge in [0, 0.05) is 11.9 Å². The zero-order valence-corrected chi connectivity index (χ0v) is 18.9. The summed E-state index contributed by atoms with van der Waals surface area (Å²) in [5, 5.41) is 2.62. The highest BCUT2D eigenvalue weighted by Crippen LogP contribution is 2.36. The second kappa shape index (κ2) is 8.60. The third-order valence-electron chi connectivity index (χ3n) is 5.15. The number of benzene rings is 2. The number of ether oxygens (including phenoxy) is 1. The van der Waals surface area contributed by atoms with E-state index in [0.717, 1.165) is 28.6 Å². The molecule has 1 aliphatic rings. The van der Waals surface area contributed by atoms with Crippen molar-refractivity contribution in [3.8, 4) is 5.75 Å². The summed E-state index contributed by atoms with van der Waals surface area (Å²) < 4.78 is 72.0. The summed E-state index contributed by atoms with van der Waals surface area (Å²) in [4.78, 5) is 20.6. The second-order valence-electron chi connectivity index (χ2n) is 7.50. The van der Waals surface area contributed by atoms with Gasteiger partial charge < -0.3 is 10.1 Å². The van der Waals surface area contributed by atoms with E-state index in [1.807, 2.05) is 0 Å². The van der Waals surface area contributed by atoms with Crippen LogP contribution in [-0.2, 0) is 16.2 Å². The zero-order chi connectivity index (χ0) is 24.7. The van der Waals surface area contributed by atoms with Crippen LogP contribution in [0.5, 0.6) is 5.75 Å². The molecule has 4 rings (SSSR count). The van der Waals surface area contributed by atoms with E-state index in [4.69, 9.17) is 4.74 Å². The van der Waals surface area contributed by atoms with Crippen LogP contribution in [0.1, 0.15) is 27.4 Å². The van der Waals surface area contributed by atoms with Crippen LogP contribution in [0.3, 0.4) is 0 Å². The molecule has 3 aromatic rings. The molecular weight excluding hydrogens is 473 g/mol. The maximum Gasteiger partial charge on any atom is 0.416 e. The molecule has 12 heteroatoms. The molecule has 0 atom stereocenters. The number of amides is 1. The molecule has 1 aliphatic heterocycles. The van der Waals surface area contributed by atoms with Crippen molar-refractivity contribution in [2.24, 2.45) is 0 Å². The van der Waals surface area contributed by atoms with Crippen LogP contribution in [0.15, 0.2) is 53.6 Å². The van der Waals surface area contributed by atoms with E-state index in [0.29, 0.717) is 11.5 Å². The van der Waals surface area contributed by atoms with Gasteiger partial charge >= 0.3 is 6.18 Å². The predicted octanol–water partition coefficient (Wildman–Crippen LogP) is 3.95. The molecule has 0 unspecified atom stereocenters. The lowest BCUT2D eigenvalue weighted by Gasteiger charge is -2.22. The Kier molecular flexibility index (Phi) is 5.94. The Morgan fingerprint density at radius 2 is 1.82 bits per heavy atom. The molecule has 0 saturated carbocycles. The number of nitrogens with one attached hydrogen (secondary N) is 1. The molecule has 0 fully saturated rings. The van der Waals surface area contributed by atoms with E-state index < -0.39 is 27.7 Å². The second-order valence-corrected chi connectivity index (χ2v) is 9.33. The van der Waals surface area contributed by atoms with Crippen molar-refractivity contribution in [1.82, 2.24) is 9.97 Å². The molecule has 2 heterocycles. The highest BCUT2D eigenvalue weighted by molar-refractivity contribution is 7.93. The van der Waals surface area contributed by atoms with Crippen molar-refractivity contribution in [3.63, 3.8) is 0 Å². The van der Waals surface area contributed by atoms with Gasteiger partial charge in [-0.05, 0) is 56.3 Å². The number of alkyl halides is 3. The van der Waals surface area contributed by atoms with Crippen LogP contribution < -0.4 is 14.4 Å². The number of carbonyl (C=O) groups is 1. The molecule has 0 saturated heterocycles. The Balaban J connectivity index is 1.66. The van der Waals surface area contributed by atoms with Gasteiger partial charge in [-0.25, -0.2) is 18.4 Å². The first-order chi connectivity index (χ1) is 16.0. The van der Waals surface area contributed by atoms with Crippen molar-refractivity contribution in [1.29, 1.82) is 0 Å². The molecular formula is C22H19F3N4O4S. The predicted molar refractivity (Wildman–Crippen MR) is 117 cm³/mol. The SMILES string of the molecule is Cc1ncc(C(=O)Nc2ccc3c(c2)S(=O)(=O)N(c2ccc(C(F)(F)F)cc2)CCO3)c(C)n1. The standard InChI is InChI=1S/C22H19F3N4O4S/c1-13-18(12-26-14(2)27-13)21(30)28-16-5-8-19-20(11-16)34(31,32)29(9-10-33-19)17-6-3-15(4-7-17)22(23,24)25/h3-8,11-12H,9-10H2,1-2H3,(H,28,30).